The van der Waals surface area contributed by atoms with Gasteiger partial charge in [-0.15, -0.1) is 12.4 Å². The number of amides is 1. The van der Waals surface area contributed by atoms with Crippen molar-refractivity contribution in [3.8, 4) is 0 Å². The Balaban J connectivity index is 0.00000225. The Morgan fingerprint density at radius 1 is 1.32 bits per heavy atom. The maximum Gasteiger partial charge on any atom is 0.244 e. The molecule has 0 aromatic heterocycles. The molecule has 1 aromatic carbocycles. The molecule has 2 fully saturated rings. The molecular weight excluding hydrogens is 389 g/mol. The van der Waals surface area contributed by atoms with E-state index in [1.807, 2.05) is 0 Å². The Hall–Kier alpha value is -0.900. The summed E-state index contributed by atoms with van der Waals surface area (Å²) in [5.74, 6) is -0.307. The van der Waals surface area contributed by atoms with E-state index in [1.165, 1.54) is 16.4 Å². The van der Waals surface area contributed by atoms with Gasteiger partial charge < -0.3 is 15.7 Å². The number of anilines is 1. The highest BCUT2D eigenvalue weighted by Gasteiger charge is 2.31. The number of carbonyl (C=O) groups excluding carboxylic acids is 1. The maximum atomic E-state index is 12.7. The van der Waals surface area contributed by atoms with Crippen LogP contribution in [0.1, 0.15) is 19.3 Å². The van der Waals surface area contributed by atoms with Gasteiger partial charge in [-0.05, 0) is 37.5 Å². The number of carbonyl (C=O) groups is 1. The topological polar surface area (TPSA) is 98.7 Å². The summed E-state index contributed by atoms with van der Waals surface area (Å²) in [6.07, 6.45) is 1.46. The van der Waals surface area contributed by atoms with Crippen LogP contribution in [-0.4, -0.2) is 55.5 Å². The first-order valence-electron chi connectivity index (χ1n) is 7.90. The highest BCUT2D eigenvalue weighted by atomic mass is 35.5. The number of aliphatic hydroxyl groups excluding tert-OH is 1. The third kappa shape index (κ3) is 4.45. The van der Waals surface area contributed by atoms with Crippen LogP contribution in [0, 0.1) is 0 Å². The molecule has 2 heterocycles. The second kappa shape index (κ2) is 8.20. The van der Waals surface area contributed by atoms with Crippen molar-refractivity contribution >= 4 is 45.6 Å². The molecule has 1 aromatic rings. The lowest BCUT2D eigenvalue weighted by Crippen LogP contribution is -2.35. The SMILES string of the molecule is Cl.O=C(Nc1ccc(Cl)c(S(=O)(=O)N2CCCC2)c1)C1CC(O)CN1. The second-order valence-electron chi connectivity index (χ2n) is 6.10. The van der Waals surface area contributed by atoms with Gasteiger partial charge in [0.1, 0.15) is 4.90 Å². The molecule has 0 bridgehead atoms. The standard InChI is InChI=1S/C15H20ClN3O4S.ClH/c16-12-4-3-10(18-15(21)13-8-11(20)9-17-13)7-14(12)24(22,23)19-5-1-2-6-19;/h3-4,7,11,13,17,20H,1-2,5-6,8-9H2,(H,18,21);1H. The van der Waals surface area contributed by atoms with E-state index in [4.69, 9.17) is 11.6 Å². The van der Waals surface area contributed by atoms with Gasteiger partial charge in [0.2, 0.25) is 15.9 Å². The minimum Gasteiger partial charge on any atom is -0.392 e. The number of hydrogen-bond acceptors (Lipinski definition) is 5. The Bertz CT molecular complexity index is 738. The Morgan fingerprint density at radius 2 is 2.00 bits per heavy atom. The first-order chi connectivity index (χ1) is 11.4. The predicted molar refractivity (Wildman–Crippen MR) is 97.7 cm³/mol. The Labute approximate surface area is 158 Å². The van der Waals surface area contributed by atoms with Crippen molar-refractivity contribution in [2.75, 3.05) is 25.0 Å². The van der Waals surface area contributed by atoms with Crippen molar-refractivity contribution in [2.45, 2.75) is 36.3 Å². The van der Waals surface area contributed by atoms with Crippen LogP contribution in [0.5, 0.6) is 0 Å². The zero-order chi connectivity index (χ0) is 17.3. The summed E-state index contributed by atoms with van der Waals surface area (Å²) < 4.78 is 26.8. The van der Waals surface area contributed by atoms with Crippen molar-refractivity contribution < 1.29 is 18.3 Å². The normalized spacial score (nSPS) is 24.1. The van der Waals surface area contributed by atoms with Gasteiger partial charge in [-0.1, -0.05) is 11.6 Å². The van der Waals surface area contributed by atoms with E-state index < -0.39 is 22.2 Å². The number of β-amino-alcohol motifs (C(OH)–C–C–N with tert-alkyl or cyclic N) is 1. The number of benzene rings is 1. The lowest BCUT2D eigenvalue weighted by Gasteiger charge is -2.18. The highest BCUT2D eigenvalue weighted by molar-refractivity contribution is 7.89. The van der Waals surface area contributed by atoms with Gasteiger partial charge in [0.15, 0.2) is 0 Å². The average molecular weight is 410 g/mol. The molecule has 0 saturated carbocycles. The number of halogens is 2. The zero-order valence-corrected chi connectivity index (χ0v) is 15.8. The molecule has 7 nitrogen and oxygen atoms in total. The third-order valence-electron chi connectivity index (χ3n) is 4.31. The molecule has 2 unspecified atom stereocenters. The van der Waals surface area contributed by atoms with Gasteiger partial charge in [-0.2, -0.15) is 4.31 Å². The highest BCUT2D eigenvalue weighted by Crippen LogP contribution is 2.29. The maximum absolute atomic E-state index is 12.7. The summed E-state index contributed by atoms with van der Waals surface area (Å²) >= 11 is 6.08. The summed E-state index contributed by atoms with van der Waals surface area (Å²) in [4.78, 5) is 12.2. The minimum atomic E-state index is -3.66. The van der Waals surface area contributed by atoms with Gasteiger partial charge in [-0.3, -0.25) is 4.79 Å². The van der Waals surface area contributed by atoms with Crippen LogP contribution in [0.2, 0.25) is 5.02 Å². The van der Waals surface area contributed by atoms with Gasteiger partial charge in [-0.25, -0.2) is 8.42 Å². The zero-order valence-electron chi connectivity index (χ0n) is 13.4. The van der Waals surface area contributed by atoms with Crippen LogP contribution >= 0.6 is 24.0 Å². The number of aliphatic hydroxyl groups is 1. The van der Waals surface area contributed by atoms with Gasteiger partial charge in [0.25, 0.3) is 0 Å². The van der Waals surface area contributed by atoms with E-state index in [1.54, 1.807) is 6.07 Å². The molecule has 2 aliphatic rings. The van der Waals surface area contributed by atoms with E-state index in [0.29, 0.717) is 31.7 Å². The first-order valence-corrected chi connectivity index (χ1v) is 9.72. The average Bonchev–Trinajstić information content (AvgIpc) is 3.20. The molecule has 1 amide bonds. The number of hydrogen-bond donors (Lipinski definition) is 3. The lowest BCUT2D eigenvalue weighted by molar-refractivity contribution is -0.117. The summed E-state index contributed by atoms with van der Waals surface area (Å²) in [7, 11) is -3.66. The molecule has 2 saturated heterocycles. The fourth-order valence-corrected chi connectivity index (χ4v) is 5.01. The van der Waals surface area contributed by atoms with Gasteiger partial charge >= 0.3 is 0 Å². The van der Waals surface area contributed by atoms with E-state index in [0.717, 1.165) is 12.8 Å². The number of sulfonamides is 1. The summed E-state index contributed by atoms with van der Waals surface area (Å²) in [5, 5.41) is 15.2. The fraction of sp³-hybridized carbons (Fsp3) is 0.533. The third-order valence-corrected chi connectivity index (χ3v) is 6.69. The monoisotopic (exact) mass is 409 g/mol. The molecule has 25 heavy (non-hydrogen) atoms. The van der Waals surface area contributed by atoms with Crippen molar-refractivity contribution in [3.05, 3.63) is 23.2 Å². The minimum absolute atomic E-state index is 0. The van der Waals surface area contributed by atoms with Crippen molar-refractivity contribution in [3.63, 3.8) is 0 Å². The van der Waals surface area contributed by atoms with Crippen LogP contribution in [0.25, 0.3) is 0 Å². The van der Waals surface area contributed by atoms with Crippen molar-refractivity contribution in [1.29, 1.82) is 0 Å². The van der Waals surface area contributed by atoms with Crippen LogP contribution < -0.4 is 10.6 Å². The van der Waals surface area contributed by atoms with E-state index >= 15 is 0 Å². The molecule has 2 atom stereocenters. The van der Waals surface area contributed by atoms with E-state index in [2.05, 4.69) is 10.6 Å². The van der Waals surface area contributed by atoms with E-state index in [9.17, 15) is 18.3 Å². The smallest absolute Gasteiger partial charge is 0.244 e. The molecule has 3 rings (SSSR count). The summed E-state index contributed by atoms with van der Waals surface area (Å²) in [6.45, 7) is 1.34. The molecular formula is C15H21Cl2N3O4S. The van der Waals surface area contributed by atoms with Gasteiger partial charge in [0, 0.05) is 25.3 Å². The molecule has 0 radical (unpaired) electrons. The van der Waals surface area contributed by atoms with Crippen LogP contribution in [0.15, 0.2) is 23.1 Å². The fourth-order valence-electron chi connectivity index (χ4n) is 2.99. The predicted octanol–water partition coefficient (Wildman–Crippen LogP) is 1.21. The molecule has 0 aliphatic carbocycles. The van der Waals surface area contributed by atoms with Crippen LogP contribution in [0.3, 0.4) is 0 Å². The number of rotatable bonds is 4. The molecule has 3 N–H and O–H groups in total. The van der Waals surface area contributed by atoms with Crippen molar-refractivity contribution in [2.24, 2.45) is 0 Å². The Morgan fingerprint density at radius 3 is 2.60 bits per heavy atom. The molecule has 10 heteroatoms. The first kappa shape index (κ1) is 20.4. The molecule has 140 valence electrons. The van der Waals surface area contributed by atoms with Crippen LogP contribution in [0.4, 0.5) is 5.69 Å². The molecule has 2 aliphatic heterocycles. The van der Waals surface area contributed by atoms with Crippen molar-refractivity contribution in [1.82, 2.24) is 9.62 Å². The van der Waals surface area contributed by atoms with E-state index in [-0.39, 0.29) is 28.2 Å². The lowest BCUT2D eigenvalue weighted by atomic mass is 10.2. The number of nitrogens with zero attached hydrogens (tertiary/aromatic N) is 1. The summed E-state index contributed by atoms with van der Waals surface area (Å²) in [5.41, 5.74) is 0.366. The number of nitrogens with one attached hydrogen (secondary N) is 2. The second-order valence-corrected chi connectivity index (χ2v) is 8.41. The van der Waals surface area contributed by atoms with Crippen LogP contribution in [-0.2, 0) is 14.8 Å². The largest absolute Gasteiger partial charge is 0.392 e. The quantitative estimate of drug-likeness (QED) is 0.693. The Kier molecular flexibility index (Phi) is 6.69. The molecule has 0 spiro atoms. The summed E-state index contributed by atoms with van der Waals surface area (Å²) in [6, 6.07) is 3.93. The van der Waals surface area contributed by atoms with Gasteiger partial charge in [0.05, 0.1) is 17.2 Å².